The number of nitrogens with one attached hydrogen (secondary N) is 1. The third-order valence-electron chi connectivity index (χ3n) is 5.75. The van der Waals surface area contributed by atoms with Crippen LogP contribution < -0.4 is 5.32 Å². The van der Waals surface area contributed by atoms with Gasteiger partial charge in [0.1, 0.15) is 6.61 Å². The van der Waals surface area contributed by atoms with Gasteiger partial charge in [0.25, 0.3) is 0 Å². The maximum absolute atomic E-state index is 13.4. The highest BCUT2D eigenvalue weighted by molar-refractivity contribution is 6.30. The summed E-state index contributed by atoms with van der Waals surface area (Å²) in [4.78, 5) is 25.7. The average Bonchev–Trinajstić information content (AvgIpc) is 2.86. The van der Waals surface area contributed by atoms with Crippen LogP contribution in [-0.4, -0.2) is 44.2 Å². The molecule has 0 saturated carbocycles. The third kappa shape index (κ3) is 6.63. The number of benzene rings is 2. The lowest BCUT2D eigenvalue weighted by Gasteiger charge is -2.33. The summed E-state index contributed by atoms with van der Waals surface area (Å²) in [7, 11) is 2.72. The number of allylic oxidation sites excluding steroid dienone is 1. The van der Waals surface area contributed by atoms with E-state index in [1.165, 1.54) is 38.5 Å². The number of esters is 1. The normalized spacial score (nSPS) is 16.3. The zero-order chi connectivity index (χ0) is 28.0. The van der Waals surface area contributed by atoms with Gasteiger partial charge in [0.05, 0.1) is 28.3 Å². The Morgan fingerprint density at radius 3 is 2.32 bits per heavy atom. The van der Waals surface area contributed by atoms with Crippen LogP contribution in [0.25, 0.3) is 6.08 Å². The number of halogens is 4. The zero-order valence-electron chi connectivity index (χ0n) is 20.6. The highest BCUT2D eigenvalue weighted by atomic mass is 35.5. The van der Waals surface area contributed by atoms with E-state index < -0.39 is 35.9 Å². The highest BCUT2D eigenvalue weighted by Gasteiger charge is 2.40. The van der Waals surface area contributed by atoms with Crippen molar-refractivity contribution < 1.29 is 42.1 Å². The largest absolute Gasteiger partial charge is 0.478 e. The van der Waals surface area contributed by atoms with Crippen molar-refractivity contribution in [3.05, 3.63) is 98.9 Å². The van der Waals surface area contributed by atoms with Crippen molar-refractivity contribution in [2.75, 3.05) is 20.8 Å². The Balaban J connectivity index is 1.94. The van der Waals surface area contributed by atoms with Crippen molar-refractivity contribution in [1.82, 2.24) is 5.32 Å². The van der Waals surface area contributed by atoms with Gasteiger partial charge in [-0.15, -0.1) is 0 Å². The highest BCUT2D eigenvalue weighted by Crippen LogP contribution is 2.40. The molecular weight excluding hydrogens is 527 g/mol. The summed E-state index contributed by atoms with van der Waals surface area (Å²) in [5.41, 5.74) is 0.429. The second kappa shape index (κ2) is 12.3. The number of hydrogen-bond donors (Lipinski definition) is 2. The Labute approximate surface area is 222 Å². The van der Waals surface area contributed by atoms with Crippen LogP contribution in [-0.2, 0) is 30.0 Å². The molecule has 0 fully saturated rings. The molecule has 0 bridgehead atoms. The summed E-state index contributed by atoms with van der Waals surface area (Å²) < 4.78 is 54.4. The van der Waals surface area contributed by atoms with Gasteiger partial charge in [-0.2, -0.15) is 13.2 Å². The Kier molecular flexibility index (Phi) is 9.37. The van der Waals surface area contributed by atoms with E-state index in [0.717, 1.165) is 12.1 Å². The first kappa shape index (κ1) is 29.0. The van der Waals surface area contributed by atoms with Crippen LogP contribution in [0.5, 0.6) is 0 Å². The number of aliphatic carboxylic acids is 1. The number of ether oxygens (including phenoxy) is 3. The van der Waals surface area contributed by atoms with Gasteiger partial charge in [-0.1, -0.05) is 41.9 Å². The molecule has 202 valence electrons. The lowest BCUT2D eigenvalue weighted by atomic mass is 9.80. The van der Waals surface area contributed by atoms with E-state index in [1.807, 2.05) is 0 Å². The first-order valence-electron chi connectivity index (χ1n) is 11.2. The van der Waals surface area contributed by atoms with Crippen molar-refractivity contribution in [2.45, 2.75) is 25.3 Å². The first-order chi connectivity index (χ1) is 18.0. The maximum Gasteiger partial charge on any atom is 0.416 e. The molecule has 1 aliphatic rings. The van der Waals surface area contributed by atoms with Crippen molar-refractivity contribution in [3.63, 3.8) is 0 Å². The number of carboxylic acids is 1. The fourth-order valence-electron chi connectivity index (χ4n) is 4.07. The van der Waals surface area contributed by atoms with E-state index in [9.17, 15) is 27.9 Å². The van der Waals surface area contributed by atoms with Crippen molar-refractivity contribution in [2.24, 2.45) is 0 Å². The van der Waals surface area contributed by atoms with E-state index in [4.69, 9.17) is 25.8 Å². The molecule has 1 heterocycles. The molecule has 1 atom stereocenters. The fraction of sp³-hybridized carbons (Fsp3) is 0.259. The van der Waals surface area contributed by atoms with Gasteiger partial charge in [-0.25, -0.2) is 9.59 Å². The number of alkyl halides is 3. The molecule has 38 heavy (non-hydrogen) atoms. The van der Waals surface area contributed by atoms with Crippen molar-refractivity contribution in [1.29, 1.82) is 0 Å². The van der Waals surface area contributed by atoms with E-state index in [2.05, 4.69) is 5.32 Å². The molecule has 0 saturated heterocycles. The van der Waals surface area contributed by atoms with Crippen LogP contribution in [0.15, 0.2) is 77.1 Å². The number of hydrogen-bond acceptors (Lipinski definition) is 6. The molecule has 11 heteroatoms. The van der Waals surface area contributed by atoms with Gasteiger partial charge in [0.15, 0.2) is 6.29 Å². The van der Waals surface area contributed by atoms with Crippen LogP contribution in [0.4, 0.5) is 13.2 Å². The summed E-state index contributed by atoms with van der Waals surface area (Å²) in [5, 5.41) is 13.3. The third-order valence-corrected chi connectivity index (χ3v) is 5.98. The Morgan fingerprint density at radius 2 is 1.76 bits per heavy atom. The summed E-state index contributed by atoms with van der Waals surface area (Å²) in [6.07, 6.45) is -2.54. The molecule has 2 N–H and O–H groups in total. The van der Waals surface area contributed by atoms with Crippen LogP contribution in [0.3, 0.4) is 0 Å². The number of carboxylic acid groups (broad SMARTS) is 1. The van der Waals surface area contributed by atoms with Gasteiger partial charge in [-0.3, -0.25) is 0 Å². The number of carbonyl (C=O) groups excluding carboxylic acids is 1. The molecule has 0 aliphatic carbocycles. The Bertz CT molecular complexity index is 1280. The molecule has 3 rings (SSSR count). The number of methoxy groups -OCH3 is 2. The zero-order valence-corrected chi connectivity index (χ0v) is 21.4. The minimum atomic E-state index is -4.44. The first-order valence-corrected chi connectivity index (χ1v) is 11.6. The molecule has 0 aromatic heterocycles. The van der Waals surface area contributed by atoms with Gasteiger partial charge < -0.3 is 24.6 Å². The molecule has 2 aromatic rings. The van der Waals surface area contributed by atoms with Gasteiger partial charge >= 0.3 is 18.1 Å². The van der Waals surface area contributed by atoms with Crippen LogP contribution >= 0.6 is 11.6 Å². The molecule has 1 unspecified atom stereocenters. The minimum Gasteiger partial charge on any atom is -0.478 e. The maximum atomic E-state index is 13.4. The van der Waals surface area contributed by atoms with E-state index in [0.29, 0.717) is 16.1 Å². The summed E-state index contributed by atoms with van der Waals surface area (Å²) in [6, 6.07) is 10.9. The van der Waals surface area contributed by atoms with Crippen LogP contribution in [0.1, 0.15) is 29.5 Å². The quantitative estimate of drug-likeness (QED) is 0.312. The lowest BCUT2D eigenvalue weighted by Crippen LogP contribution is -2.38. The van der Waals surface area contributed by atoms with Crippen LogP contribution in [0, 0.1) is 0 Å². The topological polar surface area (TPSA) is 94.1 Å². The Hall–Kier alpha value is -3.60. The van der Waals surface area contributed by atoms with Crippen molar-refractivity contribution in [3.8, 4) is 0 Å². The minimum absolute atomic E-state index is 0.0492. The summed E-state index contributed by atoms with van der Waals surface area (Å²) in [6.45, 7) is 1.31. The molecule has 7 nitrogen and oxygen atoms in total. The summed E-state index contributed by atoms with van der Waals surface area (Å²) in [5.74, 6) is -3.17. The Morgan fingerprint density at radius 1 is 1.11 bits per heavy atom. The SMILES string of the molecule is COC(OC)C1=C(C(=O)OC/C=C/c2ccc(C(F)(F)F)cc2)C(c2cccc(Cl)c2)C(C(=O)O)=C(C)N1. The smallest absolute Gasteiger partial charge is 0.416 e. The average molecular weight is 552 g/mol. The monoisotopic (exact) mass is 551 g/mol. The molecule has 0 radical (unpaired) electrons. The molecular formula is C27H25ClF3NO6. The number of rotatable bonds is 9. The van der Waals surface area contributed by atoms with E-state index in [1.54, 1.807) is 31.2 Å². The van der Waals surface area contributed by atoms with E-state index in [-0.39, 0.29) is 29.1 Å². The molecule has 1 aliphatic heterocycles. The predicted molar refractivity (Wildman–Crippen MR) is 134 cm³/mol. The molecule has 0 amide bonds. The van der Waals surface area contributed by atoms with Crippen LogP contribution in [0.2, 0.25) is 5.02 Å². The molecule has 0 spiro atoms. The second-order valence-corrected chi connectivity index (χ2v) is 8.64. The second-order valence-electron chi connectivity index (χ2n) is 8.21. The standard InChI is InChI=1S/C27H25ClF3NO6/c1-15-20(24(33)34)21(17-7-4-8-19(28)14-17)22(23(32-15)26(36-2)37-3)25(35)38-13-5-6-16-9-11-18(12-10-16)27(29,30)31/h4-12,14,21,26,32H,13H2,1-3H3,(H,33,34)/b6-5+. The number of dihydropyridines is 1. The van der Waals surface area contributed by atoms with Crippen molar-refractivity contribution >= 4 is 29.6 Å². The lowest BCUT2D eigenvalue weighted by molar-refractivity contribution is -0.139. The van der Waals surface area contributed by atoms with Gasteiger partial charge in [0.2, 0.25) is 0 Å². The van der Waals surface area contributed by atoms with Gasteiger partial charge in [0, 0.05) is 24.9 Å². The summed E-state index contributed by atoms with van der Waals surface area (Å²) >= 11 is 6.17. The predicted octanol–water partition coefficient (Wildman–Crippen LogP) is 5.53. The number of carbonyl (C=O) groups is 2. The van der Waals surface area contributed by atoms with Gasteiger partial charge in [-0.05, 0) is 48.4 Å². The molecule has 2 aromatic carbocycles. The fourth-order valence-corrected chi connectivity index (χ4v) is 4.27. The van der Waals surface area contributed by atoms with E-state index >= 15 is 0 Å².